The molecule has 2 aromatic rings. The molecule has 1 aromatic carbocycles. The van der Waals surface area contributed by atoms with Gasteiger partial charge in [-0.3, -0.25) is 4.79 Å². The molecular formula is C21H30N2O4S2. The largest absolute Gasteiger partial charge is 0.382 e. The third-order valence-electron chi connectivity index (χ3n) is 4.71. The molecule has 29 heavy (non-hydrogen) atoms. The number of carbonyl (C=O) groups excluding carboxylic acids is 1. The predicted molar refractivity (Wildman–Crippen MR) is 119 cm³/mol. The second-order valence-corrected chi connectivity index (χ2v) is 9.71. The topological polar surface area (TPSA) is 66.9 Å². The lowest BCUT2D eigenvalue weighted by Crippen LogP contribution is -2.36. The van der Waals surface area contributed by atoms with E-state index in [9.17, 15) is 13.2 Å². The number of carbonyl (C=O) groups is 1. The smallest absolute Gasteiger partial charge is 0.308 e. The molecule has 0 unspecified atom stereocenters. The van der Waals surface area contributed by atoms with Gasteiger partial charge in [0.2, 0.25) is 0 Å². The minimum absolute atomic E-state index is 0.0531. The summed E-state index contributed by atoms with van der Waals surface area (Å²) in [5.74, 6) is 0.0808. The van der Waals surface area contributed by atoms with Crippen molar-refractivity contribution in [2.45, 2.75) is 47.2 Å². The van der Waals surface area contributed by atoms with Crippen LogP contribution in [0.5, 0.6) is 5.75 Å². The Hall–Kier alpha value is -2.06. The number of anilines is 1. The molecule has 1 aromatic heterocycles. The molecule has 160 valence electrons. The average Bonchev–Trinajstić information content (AvgIpc) is 3.22. The Morgan fingerprint density at radius 3 is 2.34 bits per heavy atom. The van der Waals surface area contributed by atoms with Crippen LogP contribution < -0.4 is 9.08 Å². The molecule has 0 aliphatic rings. The van der Waals surface area contributed by atoms with Crippen molar-refractivity contribution < 1.29 is 17.4 Å². The van der Waals surface area contributed by atoms with E-state index in [4.69, 9.17) is 4.18 Å². The SMILES string of the molecule is CCN(CC)c1ccc(CN(C(=O)c2cccs2)C(C)C)c(OS(=O)(=O)CC)c1. The molecule has 1 amide bonds. The predicted octanol–water partition coefficient (Wildman–Crippen LogP) is 4.37. The van der Waals surface area contributed by atoms with Gasteiger partial charge >= 0.3 is 10.1 Å². The van der Waals surface area contributed by atoms with E-state index in [-0.39, 0.29) is 30.0 Å². The number of hydrogen-bond acceptors (Lipinski definition) is 6. The lowest BCUT2D eigenvalue weighted by Gasteiger charge is -2.28. The molecule has 0 saturated heterocycles. The minimum atomic E-state index is -3.69. The van der Waals surface area contributed by atoms with Crippen LogP contribution in [0.3, 0.4) is 0 Å². The Balaban J connectivity index is 2.44. The molecule has 1 heterocycles. The highest BCUT2D eigenvalue weighted by molar-refractivity contribution is 7.87. The number of benzene rings is 1. The summed E-state index contributed by atoms with van der Waals surface area (Å²) >= 11 is 1.39. The summed E-state index contributed by atoms with van der Waals surface area (Å²) in [6, 6.07) is 9.14. The molecule has 2 rings (SSSR count). The van der Waals surface area contributed by atoms with Gasteiger partial charge in [0, 0.05) is 43.0 Å². The van der Waals surface area contributed by atoms with Gasteiger partial charge in [-0.1, -0.05) is 12.1 Å². The first-order chi connectivity index (χ1) is 13.7. The van der Waals surface area contributed by atoms with E-state index in [1.807, 2.05) is 51.3 Å². The second kappa shape index (κ2) is 10.1. The zero-order valence-electron chi connectivity index (χ0n) is 17.7. The van der Waals surface area contributed by atoms with E-state index in [2.05, 4.69) is 4.90 Å². The van der Waals surface area contributed by atoms with Crippen LogP contribution in [0.25, 0.3) is 0 Å². The van der Waals surface area contributed by atoms with Crippen molar-refractivity contribution in [1.29, 1.82) is 0 Å². The normalized spacial score (nSPS) is 11.5. The standard InChI is InChI=1S/C21H30N2O4S2/c1-6-22(7-2)18-12-11-17(19(14-18)27-29(25,26)8-3)15-23(16(4)5)21(24)20-10-9-13-28-20/h9-14,16H,6-8,15H2,1-5H3. The van der Waals surface area contributed by atoms with Crippen LogP contribution in [0.4, 0.5) is 5.69 Å². The molecule has 6 nitrogen and oxygen atoms in total. The first kappa shape index (κ1) is 23.2. The lowest BCUT2D eigenvalue weighted by molar-refractivity contribution is 0.0695. The van der Waals surface area contributed by atoms with Gasteiger partial charge < -0.3 is 14.0 Å². The van der Waals surface area contributed by atoms with Gasteiger partial charge in [0.1, 0.15) is 5.75 Å². The highest BCUT2D eigenvalue weighted by Gasteiger charge is 2.23. The number of nitrogens with zero attached hydrogens (tertiary/aromatic N) is 2. The maximum atomic E-state index is 12.9. The van der Waals surface area contributed by atoms with Gasteiger partial charge in [-0.2, -0.15) is 8.42 Å². The summed E-state index contributed by atoms with van der Waals surface area (Å²) in [5, 5.41) is 1.87. The molecular weight excluding hydrogens is 408 g/mol. The van der Waals surface area contributed by atoms with Crippen molar-refractivity contribution in [3.63, 3.8) is 0 Å². The fourth-order valence-corrected chi connectivity index (χ4v) is 4.17. The van der Waals surface area contributed by atoms with Crippen LogP contribution in [-0.2, 0) is 16.7 Å². The average molecular weight is 439 g/mol. The van der Waals surface area contributed by atoms with E-state index >= 15 is 0 Å². The van der Waals surface area contributed by atoms with E-state index < -0.39 is 10.1 Å². The lowest BCUT2D eigenvalue weighted by atomic mass is 10.1. The van der Waals surface area contributed by atoms with Gasteiger partial charge in [0.15, 0.2) is 0 Å². The third-order valence-corrected chi connectivity index (χ3v) is 6.70. The molecule has 0 aliphatic carbocycles. The maximum Gasteiger partial charge on any atom is 0.308 e. The molecule has 0 radical (unpaired) electrons. The highest BCUT2D eigenvalue weighted by Crippen LogP contribution is 2.29. The Kier molecular flexibility index (Phi) is 8.10. The number of hydrogen-bond donors (Lipinski definition) is 0. The molecule has 0 fully saturated rings. The van der Waals surface area contributed by atoms with Crippen LogP contribution in [0.2, 0.25) is 0 Å². The van der Waals surface area contributed by atoms with Gasteiger partial charge in [0.05, 0.1) is 10.6 Å². The van der Waals surface area contributed by atoms with Gasteiger partial charge in [-0.25, -0.2) is 0 Å². The van der Waals surface area contributed by atoms with Crippen LogP contribution in [0, 0.1) is 0 Å². The molecule has 0 spiro atoms. The van der Waals surface area contributed by atoms with E-state index in [0.717, 1.165) is 18.8 Å². The monoisotopic (exact) mass is 438 g/mol. The highest BCUT2D eigenvalue weighted by atomic mass is 32.2. The van der Waals surface area contributed by atoms with Crippen LogP contribution >= 0.6 is 11.3 Å². The Morgan fingerprint density at radius 2 is 1.83 bits per heavy atom. The molecule has 0 atom stereocenters. The van der Waals surface area contributed by atoms with Crippen LogP contribution in [-0.4, -0.2) is 44.1 Å². The number of amides is 1. The fraction of sp³-hybridized carbons (Fsp3) is 0.476. The summed E-state index contributed by atoms with van der Waals surface area (Å²) in [6.07, 6.45) is 0. The summed E-state index contributed by atoms with van der Waals surface area (Å²) in [4.78, 5) is 17.4. The summed E-state index contributed by atoms with van der Waals surface area (Å²) in [5.41, 5.74) is 1.55. The van der Waals surface area contributed by atoms with Crippen molar-refractivity contribution in [1.82, 2.24) is 4.90 Å². The van der Waals surface area contributed by atoms with E-state index in [1.165, 1.54) is 11.3 Å². The zero-order valence-corrected chi connectivity index (χ0v) is 19.3. The van der Waals surface area contributed by atoms with Crippen molar-refractivity contribution in [3.05, 3.63) is 46.2 Å². The first-order valence-corrected chi connectivity index (χ1v) is 12.3. The first-order valence-electron chi connectivity index (χ1n) is 9.86. The van der Waals surface area contributed by atoms with E-state index in [0.29, 0.717) is 10.4 Å². The maximum absolute atomic E-state index is 12.9. The van der Waals surface area contributed by atoms with E-state index in [1.54, 1.807) is 24.0 Å². The molecule has 0 N–H and O–H groups in total. The summed E-state index contributed by atoms with van der Waals surface area (Å²) in [6.45, 7) is 11.4. The number of thiophene rings is 1. The molecule has 0 aliphatic heterocycles. The van der Waals surface area contributed by atoms with Crippen molar-refractivity contribution in [2.24, 2.45) is 0 Å². The van der Waals surface area contributed by atoms with Crippen molar-refractivity contribution in [3.8, 4) is 5.75 Å². The van der Waals surface area contributed by atoms with Crippen LogP contribution in [0.15, 0.2) is 35.7 Å². The number of rotatable bonds is 10. The van der Waals surface area contributed by atoms with Gasteiger partial charge in [0.25, 0.3) is 5.91 Å². The molecule has 0 bridgehead atoms. The van der Waals surface area contributed by atoms with Crippen LogP contribution in [0.1, 0.15) is 49.9 Å². The summed E-state index contributed by atoms with van der Waals surface area (Å²) < 4.78 is 29.8. The quantitative estimate of drug-likeness (QED) is 0.515. The fourth-order valence-electron chi connectivity index (χ4n) is 2.95. The zero-order chi connectivity index (χ0) is 21.6. The summed E-state index contributed by atoms with van der Waals surface area (Å²) in [7, 11) is -3.69. The molecule has 8 heteroatoms. The Bertz CT molecular complexity index is 905. The second-order valence-electron chi connectivity index (χ2n) is 6.90. The van der Waals surface area contributed by atoms with Crippen molar-refractivity contribution in [2.75, 3.05) is 23.7 Å². The Labute approximate surface area is 178 Å². The molecule has 0 saturated carbocycles. The minimum Gasteiger partial charge on any atom is -0.382 e. The third kappa shape index (κ3) is 5.96. The Morgan fingerprint density at radius 1 is 1.14 bits per heavy atom. The van der Waals surface area contributed by atoms with Gasteiger partial charge in [-0.05, 0) is 52.1 Å². The van der Waals surface area contributed by atoms with Crippen molar-refractivity contribution >= 4 is 33.0 Å². The van der Waals surface area contributed by atoms with Gasteiger partial charge in [-0.15, -0.1) is 11.3 Å².